The van der Waals surface area contributed by atoms with Gasteiger partial charge in [-0.05, 0) is 35.7 Å². The van der Waals surface area contributed by atoms with Gasteiger partial charge in [-0.2, -0.15) is 0 Å². The van der Waals surface area contributed by atoms with Crippen LogP contribution in [0.3, 0.4) is 0 Å². The minimum Gasteiger partial charge on any atom is -0.395 e. The Bertz CT molecular complexity index is 629. The number of hydrogen-bond acceptors (Lipinski definition) is 2. The zero-order valence-corrected chi connectivity index (χ0v) is 12.1. The molecule has 21 heavy (non-hydrogen) atoms. The van der Waals surface area contributed by atoms with Gasteiger partial charge in [0.15, 0.2) is 0 Å². The van der Waals surface area contributed by atoms with Crippen LogP contribution in [0.15, 0.2) is 42.5 Å². The van der Waals surface area contributed by atoms with E-state index in [2.05, 4.69) is 0 Å². The van der Waals surface area contributed by atoms with Crippen molar-refractivity contribution in [3.8, 4) is 0 Å². The van der Waals surface area contributed by atoms with Crippen molar-refractivity contribution < 1.29 is 13.9 Å². The molecule has 0 aliphatic carbocycles. The van der Waals surface area contributed by atoms with Crippen LogP contribution < -0.4 is 5.73 Å². The van der Waals surface area contributed by atoms with Crippen molar-refractivity contribution in [2.75, 3.05) is 13.2 Å². The average molecular weight is 312 g/mol. The average Bonchev–Trinajstić information content (AvgIpc) is 2.48. The second-order valence-corrected chi connectivity index (χ2v) is 5.44. The van der Waals surface area contributed by atoms with Crippen LogP contribution in [0, 0.1) is 11.6 Å². The molecule has 0 amide bonds. The Kier molecular flexibility index (Phi) is 4.93. The molecule has 2 rings (SSSR count). The van der Waals surface area contributed by atoms with Crippen molar-refractivity contribution in [1.82, 2.24) is 0 Å². The highest BCUT2D eigenvalue weighted by molar-refractivity contribution is 6.31. The predicted octanol–water partition coefficient (Wildman–Crippen LogP) is 3.05. The van der Waals surface area contributed by atoms with Crippen LogP contribution in [0.1, 0.15) is 11.1 Å². The molecular formula is C16H16ClF2NO. The normalized spacial score (nSPS) is 14.0. The van der Waals surface area contributed by atoms with Gasteiger partial charge in [-0.3, -0.25) is 0 Å². The van der Waals surface area contributed by atoms with E-state index in [1.165, 1.54) is 24.3 Å². The lowest BCUT2D eigenvalue weighted by Crippen LogP contribution is -2.41. The summed E-state index contributed by atoms with van der Waals surface area (Å²) >= 11 is 6.02. The van der Waals surface area contributed by atoms with Gasteiger partial charge in [0, 0.05) is 17.0 Å². The summed E-state index contributed by atoms with van der Waals surface area (Å²) in [5, 5.41) is 10.0. The maximum Gasteiger partial charge on any atom is 0.127 e. The first-order valence-electron chi connectivity index (χ1n) is 6.52. The molecule has 112 valence electrons. The minimum atomic E-state index is -0.993. The molecule has 0 radical (unpaired) electrons. The molecule has 0 heterocycles. The largest absolute Gasteiger partial charge is 0.395 e. The van der Waals surface area contributed by atoms with Gasteiger partial charge in [0.2, 0.25) is 0 Å². The number of aliphatic hydroxyl groups excluding tert-OH is 1. The van der Waals surface area contributed by atoms with Gasteiger partial charge in [0.25, 0.3) is 0 Å². The highest BCUT2D eigenvalue weighted by atomic mass is 35.5. The van der Waals surface area contributed by atoms with Crippen molar-refractivity contribution in [3.63, 3.8) is 0 Å². The fourth-order valence-electron chi connectivity index (χ4n) is 2.40. The van der Waals surface area contributed by atoms with Crippen molar-refractivity contribution in [2.24, 2.45) is 5.73 Å². The van der Waals surface area contributed by atoms with Gasteiger partial charge in [-0.1, -0.05) is 35.9 Å². The van der Waals surface area contributed by atoms with Gasteiger partial charge in [-0.15, -0.1) is 0 Å². The predicted molar refractivity (Wildman–Crippen MR) is 79.3 cm³/mol. The highest BCUT2D eigenvalue weighted by Gasteiger charge is 2.33. The first kappa shape index (κ1) is 15.9. The molecular weight excluding hydrogens is 296 g/mol. The molecule has 0 fully saturated rings. The van der Waals surface area contributed by atoms with E-state index in [0.29, 0.717) is 11.1 Å². The zero-order valence-electron chi connectivity index (χ0n) is 11.3. The van der Waals surface area contributed by atoms with E-state index in [1.807, 2.05) is 0 Å². The van der Waals surface area contributed by atoms with Gasteiger partial charge >= 0.3 is 0 Å². The van der Waals surface area contributed by atoms with Crippen LogP contribution >= 0.6 is 11.6 Å². The SMILES string of the molecule is NCC(CO)(Cc1ccc(F)cc1Cl)c1ccccc1F. The Morgan fingerprint density at radius 1 is 1.14 bits per heavy atom. The molecule has 5 heteroatoms. The van der Waals surface area contributed by atoms with Crippen LogP contribution in [0.5, 0.6) is 0 Å². The molecule has 2 aromatic carbocycles. The Hall–Kier alpha value is -1.49. The van der Waals surface area contributed by atoms with Crippen LogP contribution in [0.25, 0.3) is 0 Å². The Labute approximate surface area is 127 Å². The Morgan fingerprint density at radius 2 is 1.86 bits per heavy atom. The first-order chi connectivity index (χ1) is 10.0. The lowest BCUT2D eigenvalue weighted by molar-refractivity contribution is 0.192. The second kappa shape index (κ2) is 6.52. The molecule has 2 nitrogen and oxygen atoms in total. The monoisotopic (exact) mass is 311 g/mol. The summed E-state index contributed by atoms with van der Waals surface area (Å²) < 4.78 is 27.2. The summed E-state index contributed by atoms with van der Waals surface area (Å²) in [6.45, 7) is -0.295. The van der Waals surface area contributed by atoms with Crippen molar-refractivity contribution in [2.45, 2.75) is 11.8 Å². The zero-order chi connectivity index (χ0) is 15.5. The molecule has 1 atom stereocenters. The standard InChI is InChI=1S/C16H16ClF2NO/c17-14-7-12(18)6-5-11(14)8-16(9-20,10-21)13-3-1-2-4-15(13)19/h1-7,21H,8-10,20H2. The third kappa shape index (κ3) is 3.23. The fraction of sp³-hybridized carbons (Fsp3) is 0.250. The molecule has 1 unspecified atom stereocenters. The molecule has 0 aliphatic rings. The molecule has 0 aromatic heterocycles. The number of hydrogen-bond donors (Lipinski definition) is 2. The number of benzene rings is 2. The number of rotatable bonds is 5. The maximum absolute atomic E-state index is 14.1. The molecule has 0 spiro atoms. The molecule has 3 N–H and O–H groups in total. The lowest BCUT2D eigenvalue weighted by atomic mass is 9.76. The summed E-state index contributed by atoms with van der Waals surface area (Å²) in [4.78, 5) is 0. The van der Waals surface area contributed by atoms with Crippen LogP contribution in [-0.2, 0) is 11.8 Å². The Balaban J connectivity index is 2.46. The van der Waals surface area contributed by atoms with Crippen molar-refractivity contribution >= 4 is 11.6 Å². The summed E-state index contributed by atoms with van der Waals surface area (Å²) in [6, 6.07) is 10.2. The molecule has 0 saturated heterocycles. The van der Waals surface area contributed by atoms with E-state index in [-0.39, 0.29) is 24.6 Å². The van der Waals surface area contributed by atoms with E-state index in [9.17, 15) is 13.9 Å². The fourth-order valence-corrected chi connectivity index (χ4v) is 2.64. The van der Waals surface area contributed by atoms with Crippen molar-refractivity contribution in [1.29, 1.82) is 0 Å². The summed E-state index contributed by atoms with van der Waals surface area (Å²) in [5.74, 6) is -0.882. The number of halogens is 3. The maximum atomic E-state index is 14.1. The lowest BCUT2D eigenvalue weighted by Gasteiger charge is -2.32. The summed E-state index contributed by atoms with van der Waals surface area (Å²) in [7, 11) is 0. The van der Waals surface area contributed by atoms with E-state index in [4.69, 9.17) is 17.3 Å². The second-order valence-electron chi connectivity index (χ2n) is 5.03. The van der Waals surface area contributed by atoms with E-state index < -0.39 is 17.0 Å². The third-order valence-electron chi connectivity index (χ3n) is 3.68. The van der Waals surface area contributed by atoms with Crippen LogP contribution in [0.2, 0.25) is 5.02 Å². The molecule has 0 saturated carbocycles. The number of nitrogens with two attached hydrogens (primary N) is 1. The summed E-state index contributed by atoms with van der Waals surface area (Å²) in [5.41, 5.74) is 5.75. The van der Waals surface area contributed by atoms with Gasteiger partial charge < -0.3 is 10.8 Å². The Morgan fingerprint density at radius 3 is 2.43 bits per heavy atom. The smallest absolute Gasteiger partial charge is 0.127 e. The number of aliphatic hydroxyl groups is 1. The third-order valence-corrected chi connectivity index (χ3v) is 4.03. The topological polar surface area (TPSA) is 46.2 Å². The minimum absolute atomic E-state index is 0.0398. The van der Waals surface area contributed by atoms with Gasteiger partial charge in [0.05, 0.1) is 6.61 Å². The van der Waals surface area contributed by atoms with E-state index >= 15 is 0 Å². The van der Waals surface area contributed by atoms with Crippen LogP contribution in [0.4, 0.5) is 8.78 Å². The molecule has 0 aliphatic heterocycles. The van der Waals surface area contributed by atoms with Crippen LogP contribution in [-0.4, -0.2) is 18.3 Å². The molecule has 2 aromatic rings. The highest BCUT2D eigenvalue weighted by Crippen LogP contribution is 2.32. The van der Waals surface area contributed by atoms with E-state index in [0.717, 1.165) is 0 Å². The first-order valence-corrected chi connectivity index (χ1v) is 6.90. The van der Waals surface area contributed by atoms with E-state index in [1.54, 1.807) is 18.2 Å². The summed E-state index contributed by atoms with van der Waals surface area (Å²) in [6.07, 6.45) is 0.222. The van der Waals surface area contributed by atoms with Crippen molar-refractivity contribution in [3.05, 3.63) is 70.2 Å². The van der Waals surface area contributed by atoms with Gasteiger partial charge in [0.1, 0.15) is 11.6 Å². The quantitative estimate of drug-likeness (QED) is 0.891. The van der Waals surface area contributed by atoms with Gasteiger partial charge in [-0.25, -0.2) is 8.78 Å². The molecule has 0 bridgehead atoms.